The molecular weight excluding hydrogens is 381 g/mol. The van der Waals surface area contributed by atoms with E-state index >= 15 is 0 Å². The van der Waals surface area contributed by atoms with Crippen molar-refractivity contribution in [1.82, 2.24) is 34.2 Å². The average molecular weight is 402 g/mol. The number of nitrogens with one attached hydrogen (secondary N) is 1. The van der Waals surface area contributed by atoms with Gasteiger partial charge in [-0.05, 0) is 6.07 Å². The van der Waals surface area contributed by atoms with E-state index in [0.29, 0.717) is 0 Å². The van der Waals surface area contributed by atoms with Crippen LogP contribution in [0, 0.1) is 0 Å². The highest BCUT2D eigenvalue weighted by atomic mass is 35.5. The van der Waals surface area contributed by atoms with Crippen molar-refractivity contribution in [1.29, 1.82) is 0 Å². The third-order valence-corrected chi connectivity index (χ3v) is 4.99. The summed E-state index contributed by atoms with van der Waals surface area (Å²) in [7, 11) is 2.02. The Morgan fingerprint density at radius 1 is 1.20 bits per heavy atom. The van der Waals surface area contributed by atoms with Gasteiger partial charge in [0.1, 0.15) is 5.69 Å². The highest BCUT2D eigenvalue weighted by Crippen LogP contribution is 2.20. The van der Waals surface area contributed by atoms with Gasteiger partial charge in [-0.25, -0.2) is 9.97 Å². The Labute approximate surface area is 163 Å². The Kier molecular flexibility index (Phi) is 6.95. The van der Waals surface area contributed by atoms with E-state index in [-0.39, 0.29) is 24.8 Å². The van der Waals surface area contributed by atoms with Crippen LogP contribution in [0.5, 0.6) is 0 Å². The van der Waals surface area contributed by atoms with Crippen LogP contribution < -0.4 is 5.32 Å². The molecule has 0 unspecified atom stereocenters. The van der Waals surface area contributed by atoms with E-state index in [9.17, 15) is 0 Å². The Balaban J connectivity index is 0.00000113. The van der Waals surface area contributed by atoms with Crippen molar-refractivity contribution < 1.29 is 0 Å². The highest BCUT2D eigenvalue weighted by Gasteiger charge is 2.16. The van der Waals surface area contributed by atoms with Gasteiger partial charge in [-0.15, -0.1) is 24.8 Å². The molecule has 0 amide bonds. The van der Waals surface area contributed by atoms with Crippen LogP contribution in [0.2, 0.25) is 0 Å². The number of fused-ring (bicyclic) bond motifs is 1. The first-order valence-corrected chi connectivity index (χ1v) is 8.69. The van der Waals surface area contributed by atoms with Crippen LogP contribution in [0.15, 0.2) is 36.0 Å². The summed E-state index contributed by atoms with van der Waals surface area (Å²) < 4.78 is 6.28. The number of rotatable bonds is 5. The van der Waals surface area contributed by atoms with E-state index in [1.54, 1.807) is 11.8 Å². The molecule has 7 nitrogen and oxygen atoms in total. The zero-order valence-electron chi connectivity index (χ0n) is 13.8. The molecule has 136 valence electrons. The Morgan fingerprint density at radius 2 is 2.04 bits per heavy atom. The predicted molar refractivity (Wildman–Crippen MR) is 104 cm³/mol. The van der Waals surface area contributed by atoms with Gasteiger partial charge in [0.25, 0.3) is 0 Å². The fraction of sp³-hybridized carbons (Fsp3) is 0.400. The smallest absolute Gasteiger partial charge is 0.167 e. The number of nitrogens with zero attached hydrogens (tertiary/aromatic N) is 6. The topological polar surface area (TPSA) is 65.5 Å². The third kappa shape index (κ3) is 4.20. The minimum Gasteiger partial charge on any atom is -0.329 e. The van der Waals surface area contributed by atoms with Gasteiger partial charge in [0.05, 0.1) is 12.2 Å². The summed E-state index contributed by atoms with van der Waals surface area (Å²) in [6, 6.07) is 2.14. The second-order valence-corrected chi connectivity index (χ2v) is 6.60. The van der Waals surface area contributed by atoms with Crippen LogP contribution in [0.4, 0.5) is 0 Å². The Hall–Kier alpha value is -1.48. The normalized spacial score (nSPS) is 13.0. The number of halogens is 2. The molecule has 0 spiro atoms. The molecule has 0 saturated carbocycles. The first-order valence-electron chi connectivity index (χ1n) is 7.70. The molecule has 0 aliphatic carbocycles. The molecule has 4 heterocycles. The summed E-state index contributed by atoms with van der Waals surface area (Å²) in [5, 5.41) is 9.10. The molecular formula is C15H21Cl2N7S. The molecule has 1 N–H and O–H groups in total. The average Bonchev–Trinajstić information content (AvgIpc) is 3.26. The maximum absolute atomic E-state index is 4.70. The van der Waals surface area contributed by atoms with Gasteiger partial charge in [-0.3, -0.25) is 4.68 Å². The molecule has 0 saturated heterocycles. The second-order valence-electron chi connectivity index (χ2n) is 5.53. The lowest BCUT2D eigenvalue weighted by Gasteiger charge is -2.13. The van der Waals surface area contributed by atoms with Crippen LogP contribution in [0.25, 0.3) is 11.5 Å². The van der Waals surface area contributed by atoms with Crippen molar-refractivity contribution in [3.05, 3.63) is 36.5 Å². The molecule has 25 heavy (non-hydrogen) atoms. The summed E-state index contributed by atoms with van der Waals surface area (Å²) in [5.74, 6) is 1.89. The molecule has 0 fully saturated rings. The third-order valence-electron chi connectivity index (χ3n) is 3.95. The number of aromatic nitrogens is 6. The van der Waals surface area contributed by atoms with Crippen molar-refractivity contribution in [3.63, 3.8) is 0 Å². The van der Waals surface area contributed by atoms with Crippen molar-refractivity contribution >= 4 is 36.6 Å². The molecule has 3 aromatic rings. The van der Waals surface area contributed by atoms with Crippen molar-refractivity contribution in [3.8, 4) is 11.5 Å². The first-order chi connectivity index (χ1) is 11.3. The van der Waals surface area contributed by atoms with Gasteiger partial charge in [0, 0.05) is 57.2 Å². The maximum Gasteiger partial charge on any atom is 0.167 e. The van der Waals surface area contributed by atoms with E-state index in [1.165, 1.54) is 5.69 Å². The molecule has 4 rings (SSSR count). The fourth-order valence-corrected chi connectivity index (χ4v) is 3.62. The number of aryl methyl sites for hydroxylation is 2. The predicted octanol–water partition coefficient (Wildman–Crippen LogP) is 2.22. The molecule has 1 aliphatic rings. The number of thioether (sulfide) groups is 1. The molecule has 0 bridgehead atoms. The monoisotopic (exact) mass is 401 g/mol. The molecule has 1 aliphatic heterocycles. The first kappa shape index (κ1) is 19.8. The number of hydrogen-bond donors (Lipinski definition) is 1. The van der Waals surface area contributed by atoms with Gasteiger partial charge in [0.15, 0.2) is 11.0 Å². The zero-order valence-corrected chi connectivity index (χ0v) is 16.3. The lowest BCUT2D eigenvalue weighted by atomic mass is 10.3. The quantitative estimate of drug-likeness (QED) is 0.663. The van der Waals surface area contributed by atoms with E-state index in [2.05, 4.69) is 30.6 Å². The van der Waals surface area contributed by atoms with Crippen LogP contribution in [-0.2, 0) is 26.7 Å². The largest absolute Gasteiger partial charge is 0.329 e. The Bertz CT molecular complexity index is 787. The zero-order chi connectivity index (χ0) is 15.6. The van der Waals surface area contributed by atoms with Crippen molar-refractivity contribution in [2.45, 2.75) is 24.8 Å². The number of imidazole rings is 2. The molecule has 0 radical (unpaired) electrons. The van der Waals surface area contributed by atoms with Gasteiger partial charge in [-0.2, -0.15) is 5.10 Å². The van der Waals surface area contributed by atoms with Crippen molar-refractivity contribution in [2.75, 3.05) is 12.3 Å². The second kappa shape index (κ2) is 8.75. The molecule has 3 aromatic heterocycles. The fourth-order valence-electron chi connectivity index (χ4n) is 2.75. The SMILES string of the molecule is Cl.Cl.Cn1ccnc1SCCn1ccnc1-c1cc2n(n1)CCNC2. The lowest BCUT2D eigenvalue weighted by Crippen LogP contribution is -2.28. The van der Waals surface area contributed by atoms with Crippen LogP contribution in [0.3, 0.4) is 0 Å². The lowest BCUT2D eigenvalue weighted by molar-refractivity contribution is 0.476. The highest BCUT2D eigenvalue weighted by molar-refractivity contribution is 7.99. The minimum atomic E-state index is 0. The van der Waals surface area contributed by atoms with Gasteiger partial charge < -0.3 is 14.5 Å². The van der Waals surface area contributed by atoms with Crippen LogP contribution in [0.1, 0.15) is 5.69 Å². The molecule has 10 heteroatoms. The summed E-state index contributed by atoms with van der Waals surface area (Å²) in [5.41, 5.74) is 2.18. The van der Waals surface area contributed by atoms with Crippen molar-refractivity contribution in [2.24, 2.45) is 7.05 Å². The van der Waals surface area contributed by atoms with Gasteiger partial charge in [0.2, 0.25) is 0 Å². The van der Waals surface area contributed by atoms with Crippen LogP contribution in [-0.4, -0.2) is 41.2 Å². The van der Waals surface area contributed by atoms with E-state index in [4.69, 9.17) is 5.10 Å². The summed E-state index contributed by atoms with van der Waals surface area (Å²) in [4.78, 5) is 8.84. The number of hydrogen-bond acceptors (Lipinski definition) is 5. The molecule has 0 aromatic carbocycles. The van der Waals surface area contributed by atoms with Gasteiger partial charge >= 0.3 is 0 Å². The maximum atomic E-state index is 4.70. The van der Waals surface area contributed by atoms with Crippen LogP contribution >= 0.6 is 36.6 Å². The summed E-state index contributed by atoms with van der Waals surface area (Å²) in [6.45, 7) is 3.66. The standard InChI is InChI=1S/C15H19N7S.2ClH/c1-20-5-3-18-15(20)23-9-8-21-6-4-17-14(21)13-10-12-11-16-2-7-22(12)19-13;;/h3-6,10,16H,2,7-9,11H2,1H3;2*1H. The van der Waals surface area contributed by atoms with E-state index < -0.39 is 0 Å². The summed E-state index contributed by atoms with van der Waals surface area (Å²) in [6.07, 6.45) is 7.66. The summed E-state index contributed by atoms with van der Waals surface area (Å²) >= 11 is 1.75. The van der Waals surface area contributed by atoms with E-state index in [0.717, 1.165) is 48.6 Å². The minimum absolute atomic E-state index is 0. The molecule has 0 atom stereocenters. The van der Waals surface area contributed by atoms with Gasteiger partial charge in [-0.1, -0.05) is 11.8 Å². The van der Waals surface area contributed by atoms with E-state index in [1.807, 2.05) is 36.4 Å². The Morgan fingerprint density at radius 3 is 2.80 bits per heavy atom.